The molecule has 2 heterocycles. The first kappa shape index (κ1) is 11.6. The minimum absolute atomic E-state index is 0.0578. The lowest BCUT2D eigenvalue weighted by atomic mass is 10.1. The van der Waals surface area contributed by atoms with E-state index in [1.54, 1.807) is 18.5 Å². The Morgan fingerprint density at radius 2 is 2.11 bits per heavy atom. The van der Waals surface area contributed by atoms with Gasteiger partial charge in [0.15, 0.2) is 5.82 Å². The van der Waals surface area contributed by atoms with Crippen LogP contribution in [0.3, 0.4) is 0 Å². The van der Waals surface area contributed by atoms with Crippen LogP contribution in [0.4, 0.5) is 0 Å². The highest BCUT2D eigenvalue weighted by atomic mass is 16.1. The van der Waals surface area contributed by atoms with Crippen LogP contribution in [-0.4, -0.2) is 20.3 Å². The summed E-state index contributed by atoms with van der Waals surface area (Å²) in [6.07, 6.45) is 5.21. The van der Waals surface area contributed by atoms with E-state index in [4.69, 9.17) is 0 Å². The molecule has 4 nitrogen and oxygen atoms in total. The number of fused-ring (bicyclic) bond motifs is 1. The fourth-order valence-corrected chi connectivity index (χ4v) is 2.12. The summed E-state index contributed by atoms with van der Waals surface area (Å²) < 4.78 is 1.84. The molecule has 0 fully saturated rings. The van der Waals surface area contributed by atoms with E-state index in [2.05, 4.69) is 9.97 Å². The normalized spacial score (nSPS) is 10.8. The lowest BCUT2D eigenvalue weighted by molar-refractivity contribution is 0.102. The quantitative estimate of drug-likeness (QED) is 0.672. The van der Waals surface area contributed by atoms with Crippen LogP contribution in [0.25, 0.3) is 10.9 Å². The van der Waals surface area contributed by atoms with E-state index in [0.717, 1.165) is 17.4 Å². The molecule has 0 amide bonds. The maximum absolute atomic E-state index is 12.4. The summed E-state index contributed by atoms with van der Waals surface area (Å²) >= 11 is 0. The second-order valence-electron chi connectivity index (χ2n) is 4.28. The Morgan fingerprint density at radius 3 is 2.95 bits per heavy atom. The number of carbonyl (C=O) groups excluding carboxylic acids is 1. The fourth-order valence-electron chi connectivity index (χ4n) is 2.12. The monoisotopic (exact) mass is 251 g/mol. The molecule has 0 N–H and O–H groups in total. The van der Waals surface area contributed by atoms with Gasteiger partial charge in [0, 0.05) is 36.1 Å². The van der Waals surface area contributed by atoms with Crippen molar-refractivity contribution in [3.05, 3.63) is 60.3 Å². The molecule has 0 bridgehead atoms. The average molecular weight is 251 g/mol. The number of rotatable bonds is 3. The Morgan fingerprint density at radius 1 is 1.21 bits per heavy atom. The molecule has 94 valence electrons. The molecule has 0 aliphatic heterocycles. The van der Waals surface area contributed by atoms with Crippen molar-refractivity contribution in [3.8, 4) is 0 Å². The van der Waals surface area contributed by atoms with E-state index < -0.39 is 0 Å². The highest BCUT2D eigenvalue weighted by Gasteiger charge is 2.14. The van der Waals surface area contributed by atoms with Gasteiger partial charge in [-0.3, -0.25) is 9.78 Å². The molecule has 19 heavy (non-hydrogen) atoms. The Hall–Kier alpha value is -2.49. The average Bonchev–Trinajstić information content (AvgIpc) is 2.94. The lowest BCUT2D eigenvalue weighted by Crippen LogP contribution is -2.10. The number of aromatic nitrogens is 3. The molecule has 0 saturated heterocycles. The third-order valence-electron chi connectivity index (χ3n) is 3.12. The van der Waals surface area contributed by atoms with Crippen LogP contribution in [-0.2, 0) is 6.54 Å². The zero-order chi connectivity index (χ0) is 13.2. The number of nitrogens with zero attached hydrogens (tertiary/aromatic N) is 3. The van der Waals surface area contributed by atoms with Crippen LogP contribution < -0.4 is 0 Å². The summed E-state index contributed by atoms with van der Waals surface area (Å²) in [6.45, 7) is 2.72. The summed E-state index contributed by atoms with van der Waals surface area (Å²) in [4.78, 5) is 20.8. The second-order valence-corrected chi connectivity index (χ2v) is 4.28. The van der Waals surface area contributed by atoms with Crippen molar-refractivity contribution in [1.29, 1.82) is 0 Å². The molecule has 3 aromatic rings. The Labute approximate surface area is 110 Å². The van der Waals surface area contributed by atoms with Gasteiger partial charge in [0.25, 0.3) is 0 Å². The van der Waals surface area contributed by atoms with E-state index in [1.165, 1.54) is 0 Å². The number of aryl methyl sites for hydroxylation is 1. The van der Waals surface area contributed by atoms with Gasteiger partial charge in [-0.05, 0) is 31.2 Å². The molecule has 1 aromatic carbocycles. The largest absolute Gasteiger partial charge is 0.328 e. The first-order valence-electron chi connectivity index (χ1n) is 6.20. The molecule has 0 aliphatic carbocycles. The molecule has 0 aliphatic rings. The summed E-state index contributed by atoms with van der Waals surface area (Å²) in [5.41, 5.74) is 1.53. The molecule has 0 unspecified atom stereocenters. The van der Waals surface area contributed by atoms with Crippen molar-refractivity contribution in [1.82, 2.24) is 14.5 Å². The van der Waals surface area contributed by atoms with Crippen molar-refractivity contribution in [2.24, 2.45) is 0 Å². The van der Waals surface area contributed by atoms with Crippen molar-refractivity contribution >= 4 is 16.7 Å². The Kier molecular flexibility index (Phi) is 2.83. The maximum Gasteiger partial charge on any atom is 0.228 e. The standard InChI is InChI=1S/C15H13N3O/c1-2-18-9-8-17-15(18)14(19)12-5-6-13-11(10-12)4-3-7-16-13/h3-10H,2H2,1H3. The first-order chi connectivity index (χ1) is 9.29. The van der Waals surface area contributed by atoms with Gasteiger partial charge in [0.1, 0.15) is 0 Å². The lowest BCUT2D eigenvalue weighted by Gasteiger charge is -2.04. The summed E-state index contributed by atoms with van der Waals surface area (Å²) in [7, 11) is 0. The van der Waals surface area contributed by atoms with Gasteiger partial charge in [-0.1, -0.05) is 6.07 Å². The van der Waals surface area contributed by atoms with Crippen LogP contribution in [0, 0.1) is 0 Å². The number of imidazole rings is 1. The van der Waals surface area contributed by atoms with Gasteiger partial charge >= 0.3 is 0 Å². The van der Waals surface area contributed by atoms with Gasteiger partial charge in [0.05, 0.1) is 5.52 Å². The third-order valence-corrected chi connectivity index (χ3v) is 3.12. The van der Waals surface area contributed by atoms with Crippen molar-refractivity contribution < 1.29 is 4.79 Å². The van der Waals surface area contributed by atoms with E-state index >= 15 is 0 Å². The summed E-state index contributed by atoms with van der Waals surface area (Å²) in [5.74, 6) is 0.420. The molecule has 0 atom stereocenters. The minimum atomic E-state index is -0.0578. The topological polar surface area (TPSA) is 47.8 Å². The fraction of sp³-hybridized carbons (Fsp3) is 0.133. The van der Waals surface area contributed by atoms with Crippen LogP contribution in [0.15, 0.2) is 48.9 Å². The molecule has 4 heteroatoms. The molecular weight excluding hydrogens is 238 g/mol. The molecule has 2 aromatic heterocycles. The molecular formula is C15H13N3O. The first-order valence-corrected chi connectivity index (χ1v) is 6.20. The molecule has 3 rings (SSSR count). The van der Waals surface area contributed by atoms with Gasteiger partial charge in [-0.2, -0.15) is 0 Å². The predicted octanol–water partition coefficient (Wildman–Crippen LogP) is 2.68. The SMILES string of the molecule is CCn1ccnc1C(=O)c1ccc2ncccc2c1. The minimum Gasteiger partial charge on any atom is -0.328 e. The van der Waals surface area contributed by atoms with Gasteiger partial charge in [-0.25, -0.2) is 4.98 Å². The molecule has 0 radical (unpaired) electrons. The van der Waals surface area contributed by atoms with Gasteiger partial charge in [0.2, 0.25) is 5.78 Å². The number of ketones is 1. The maximum atomic E-state index is 12.4. The van der Waals surface area contributed by atoms with Gasteiger partial charge in [-0.15, -0.1) is 0 Å². The molecule has 0 saturated carbocycles. The predicted molar refractivity (Wildman–Crippen MR) is 73.1 cm³/mol. The van der Waals surface area contributed by atoms with Crippen LogP contribution >= 0.6 is 0 Å². The number of pyridine rings is 1. The van der Waals surface area contributed by atoms with Crippen LogP contribution in [0.5, 0.6) is 0 Å². The van der Waals surface area contributed by atoms with E-state index in [-0.39, 0.29) is 5.78 Å². The number of carbonyl (C=O) groups is 1. The summed E-state index contributed by atoms with van der Waals surface area (Å²) in [6, 6.07) is 9.34. The van der Waals surface area contributed by atoms with Gasteiger partial charge < -0.3 is 4.57 Å². The zero-order valence-corrected chi connectivity index (χ0v) is 10.6. The molecule has 0 spiro atoms. The van der Waals surface area contributed by atoms with Crippen molar-refractivity contribution in [2.75, 3.05) is 0 Å². The highest BCUT2D eigenvalue weighted by Crippen LogP contribution is 2.16. The Bertz CT molecular complexity index is 746. The van der Waals surface area contributed by atoms with E-state index in [9.17, 15) is 4.79 Å². The Balaban J connectivity index is 2.06. The van der Waals surface area contributed by atoms with Crippen molar-refractivity contribution in [2.45, 2.75) is 13.5 Å². The highest BCUT2D eigenvalue weighted by molar-refractivity contribution is 6.08. The van der Waals surface area contributed by atoms with E-state index in [0.29, 0.717) is 11.4 Å². The third kappa shape index (κ3) is 2.01. The number of hydrogen-bond acceptors (Lipinski definition) is 3. The smallest absolute Gasteiger partial charge is 0.228 e. The zero-order valence-electron chi connectivity index (χ0n) is 10.6. The summed E-state index contributed by atoms with van der Waals surface area (Å²) in [5, 5.41) is 0.961. The van der Waals surface area contributed by atoms with Crippen LogP contribution in [0.1, 0.15) is 23.1 Å². The second kappa shape index (κ2) is 4.65. The van der Waals surface area contributed by atoms with Crippen molar-refractivity contribution in [3.63, 3.8) is 0 Å². The van der Waals surface area contributed by atoms with Crippen LogP contribution in [0.2, 0.25) is 0 Å². The number of hydrogen-bond donors (Lipinski definition) is 0. The van der Waals surface area contributed by atoms with E-state index in [1.807, 2.05) is 42.0 Å². The number of benzene rings is 1.